The van der Waals surface area contributed by atoms with Crippen molar-refractivity contribution in [1.29, 1.82) is 0 Å². The van der Waals surface area contributed by atoms with Gasteiger partial charge in [-0.05, 0) is 0 Å². The molecule has 1 atom stereocenters. The van der Waals surface area contributed by atoms with E-state index in [9.17, 15) is 9.36 Å². The molecule has 2 N–H and O–H groups in total. The summed E-state index contributed by atoms with van der Waals surface area (Å²) in [6.45, 7) is -0.728. The van der Waals surface area contributed by atoms with Crippen LogP contribution in [0.1, 0.15) is 0 Å². The van der Waals surface area contributed by atoms with Crippen LogP contribution in [0.5, 0.6) is 0 Å². The van der Waals surface area contributed by atoms with Gasteiger partial charge in [0.1, 0.15) is 0 Å². The summed E-state index contributed by atoms with van der Waals surface area (Å²) in [5.74, 6) is -1.10. The molecule has 0 saturated carbocycles. The van der Waals surface area contributed by atoms with Gasteiger partial charge in [-0.2, -0.15) is 0 Å². The fourth-order valence-corrected chi connectivity index (χ4v) is 0.367. The fourth-order valence-electron chi connectivity index (χ4n) is 0.172. The predicted molar refractivity (Wildman–Crippen MR) is 26.8 cm³/mol. The van der Waals surface area contributed by atoms with E-state index in [1.165, 1.54) is 0 Å². The van der Waals surface area contributed by atoms with Gasteiger partial charge in [0.25, 0.3) is 0 Å². The van der Waals surface area contributed by atoms with Crippen LogP contribution in [0.15, 0.2) is 0 Å². The van der Waals surface area contributed by atoms with Crippen LogP contribution in [-0.2, 0) is 13.9 Å². The molecular formula is C3H5O5P. The monoisotopic (exact) mass is 152 g/mol. The van der Waals surface area contributed by atoms with E-state index in [1.54, 1.807) is 0 Å². The van der Waals surface area contributed by atoms with Gasteiger partial charge in [0.15, 0.2) is 6.10 Å². The first-order valence-corrected chi connectivity index (χ1v) is 2.78. The maximum atomic E-state index is 10.1. The number of carbonyl (C=O) groups excluding carboxylic acids is 1. The van der Waals surface area contributed by atoms with E-state index in [4.69, 9.17) is 10.2 Å². The number of rotatable bonds is 3. The molecule has 0 rings (SSSR count). The smallest absolute Gasteiger partial charge is 0.393 e. The van der Waals surface area contributed by atoms with Gasteiger partial charge in [0, 0.05) is 0 Å². The molecule has 5 nitrogen and oxygen atoms in total. The van der Waals surface area contributed by atoms with Crippen molar-refractivity contribution in [2.45, 2.75) is 6.10 Å². The fraction of sp³-hybridized carbons (Fsp3) is 0.667. The highest BCUT2D eigenvalue weighted by molar-refractivity contribution is 7.18. The Bertz CT molecular complexity index is 113. The van der Waals surface area contributed by atoms with Crippen molar-refractivity contribution < 1.29 is 24.1 Å². The van der Waals surface area contributed by atoms with Crippen molar-refractivity contribution in [3.05, 3.63) is 0 Å². The van der Waals surface area contributed by atoms with Gasteiger partial charge in [-0.25, -0.2) is 9.36 Å². The molecule has 52 valence electrons. The Morgan fingerprint density at radius 2 is 2.33 bits per heavy atom. The third-order valence-corrected chi connectivity index (χ3v) is 0.827. The summed E-state index contributed by atoms with van der Waals surface area (Å²) >= 11 is 0. The van der Waals surface area contributed by atoms with Gasteiger partial charge < -0.3 is 14.7 Å². The highest BCUT2D eigenvalue weighted by Crippen LogP contribution is 1.97. The Morgan fingerprint density at radius 3 is 2.67 bits per heavy atom. The van der Waals surface area contributed by atoms with Gasteiger partial charge in [-0.1, -0.05) is 0 Å². The van der Waals surface area contributed by atoms with Crippen molar-refractivity contribution in [3.63, 3.8) is 0 Å². The lowest BCUT2D eigenvalue weighted by molar-refractivity contribution is -0.144. The first-order valence-electron chi connectivity index (χ1n) is 2.04. The molecule has 0 aromatic rings. The summed E-state index contributed by atoms with van der Waals surface area (Å²) in [5.41, 5.74) is 0. The van der Waals surface area contributed by atoms with E-state index in [-0.39, 0.29) is 0 Å². The highest BCUT2D eigenvalue weighted by Gasteiger charge is 2.14. The maximum Gasteiger partial charge on any atom is 0.398 e. The van der Waals surface area contributed by atoms with Crippen LogP contribution in [0.4, 0.5) is 0 Å². The van der Waals surface area contributed by atoms with Crippen LogP contribution in [0.25, 0.3) is 0 Å². The first-order chi connectivity index (χ1) is 4.22. The molecule has 0 aromatic carbocycles. The molecule has 0 aliphatic heterocycles. The van der Waals surface area contributed by atoms with E-state index < -0.39 is 27.4 Å². The summed E-state index contributed by atoms with van der Waals surface area (Å²) in [6, 6.07) is 0. The van der Waals surface area contributed by atoms with Crippen molar-refractivity contribution in [2.24, 2.45) is 0 Å². The molecular weight excluding hydrogens is 147 g/mol. The number of aliphatic hydroxyl groups is 2. The second-order valence-corrected chi connectivity index (χ2v) is 1.51. The third kappa shape index (κ3) is 3.13. The van der Waals surface area contributed by atoms with E-state index in [1.807, 2.05) is 0 Å². The summed E-state index contributed by atoms with van der Waals surface area (Å²) in [4.78, 5) is 10.1. The minimum atomic E-state index is -1.59. The van der Waals surface area contributed by atoms with Crippen LogP contribution in [0, 0.1) is 0 Å². The minimum Gasteiger partial charge on any atom is -0.393 e. The van der Waals surface area contributed by atoms with E-state index in [0.29, 0.717) is 0 Å². The van der Waals surface area contributed by atoms with Crippen LogP contribution in [-0.4, -0.2) is 28.9 Å². The zero-order valence-electron chi connectivity index (χ0n) is 4.35. The largest absolute Gasteiger partial charge is 0.398 e. The molecule has 0 aromatic heterocycles. The predicted octanol–water partition coefficient (Wildman–Crippen LogP) is -0.911. The molecule has 6 heteroatoms. The quantitative estimate of drug-likeness (QED) is 0.511. The molecule has 0 radical (unpaired) electrons. The van der Waals surface area contributed by atoms with Crippen LogP contribution in [0.2, 0.25) is 0 Å². The number of aliphatic hydroxyl groups excluding tert-OH is 2. The molecule has 9 heavy (non-hydrogen) atoms. The standard InChI is InChI=1S/C3H5O5P/c4-1-2(5)3(6)8-9-7/h2,4-5H,1H2. The zero-order chi connectivity index (χ0) is 7.28. The summed E-state index contributed by atoms with van der Waals surface area (Å²) in [5, 5.41) is 16.5. The van der Waals surface area contributed by atoms with E-state index in [0.717, 1.165) is 0 Å². The topological polar surface area (TPSA) is 83.8 Å². The lowest BCUT2D eigenvalue weighted by Gasteiger charge is -1.99. The molecule has 0 heterocycles. The van der Waals surface area contributed by atoms with Crippen molar-refractivity contribution in [1.82, 2.24) is 0 Å². The lowest BCUT2D eigenvalue weighted by atomic mass is 10.4. The molecule has 0 saturated heterocycles. The van der Waals surface area contributed by atoms with Crippen molar-refractivity contribution in [2.75, 3.05) is 6.61 Å². The molecule has 0 aliphatic rings. The third-order valence-electron chi connectivity index (χ3n) is 0.572. The Labute approximate surface area is 52.5 Å². The van der Waals surface area contributed by atoms with Gasteiger partial charge in [-0.15, -0.1) is 0 Å². The Balaban J connectivity index is 3.58. The van der Waals surface area contributed by atoms with Crippen molar-refractivity contribution >= 4 is 14.7 Å². The van der Waals surface area contributed by atoms with E-state index in [2.05, 4.69) is 4.52 Å². The van der Waals surface area contributed by atoms with Crippen LogP contribution >= 0.6 is 8.69 Å². The van der Waals surface area contributed by atoms with Crippen LogP contribution < -0.4 is 0 Å². The SMILES string of the molecule is O=POC(=O)C(O)CO. The Hall–Kier alpha value is -0.510. The van der Waals surface area contributed by atoms with Crippen molar-refractivity contribution in [3.8, 4) is 0 Å². The Kier molecular flexibility index (Phi) is 4.13. The normalized spacial score (nSPS) is 13.1. The second kappa shape index (κ2) is 4.38. The summed E-state index contributed by atoms with van der Waals surface area (Å²) in [6.07, 6.45) is -1.59. The summed E-state index contributed by atoms with van der Waals surface area (Å²) < 4.78 is 13.3. The van der Waals surface area contributed by atoms with Gasteiger partial charge >= 0.3 is 14.7 Å². The molecule has 0 fully saturated rings. The lowest BCUT2D eigenvalue weighted by Crippen LogP contribution is -2.23. The molecule has 0 spiro atoms. The average molecular weight is 152 g/mol. The summed E-state index contributed by atoms with van der Waals surface area (Å²) in [7, 11) is -0.827. The van der Waals surface area contributed by atoms with Gasteiger partial charge in [0.2, 0.25) is 0 Å². The highest BCUT2D eigenvalue weighted by atomic mass is 31.1. The molecule has 0 amide bonds. The molecule has 0 aliphatic carbocycles. The van der Waals surface area contributed by atoms with Gasteiger partial charge in [-0.3, -0.25) is 0 Å². The molecule has 1 unspecified atom stereocenters. The van der Waals surface area contributed by atoms with E-state index >= 15 is 0 Å². The molecule has 0 bridgehead atoms. The average Bonchev–Trinajstić information content (AvgIpc) is 1.87. The first kappa shape index (κ1) is 8.49. The maximum absolute atomic E-state index is 10.1. The van der Waals surface area contributed by atoms with Crippen LogP contribution in [0.3, 0.4) is 0 Å². The number of hydrogen-bond donors (Lipinski definition) is 2. The minimum absolute atomic E-state index is 0.728. The second-order valence-electron chi connectivity index (χ2n) is 1.18. The number of hydrogen-bond acceptors (Lipinski definition) is 5. The number of carbonyl (C=O) groups is 1. The van der Waals surface area contributed by atoms with Gasteiger partial charge in [0.05, 0.1) is 6.61 Å². The Morgan fingerprint density at radius 1 is 1.78 bits per heavy atom. The zero-order valence-corrected chi connectivity index (χ0v) is 5.25.